The van der Waals surface area contributed by atoms with Crippen LogP contribution in [0, 0.1) is 5.92 Å². The van der Waals surface area contributed by atoms with Gasteiger partial charge >= 0.3 is 0 Å². The molecule has 2 atom stereocenters. The van der Waals surface area contributed by atoms with Gasteiger partial charge in [-0.15, -0.1) is 0 Å². The first-order valence-corrected chi connectivity index (χ1v) is 11.5. The first-order valence-electron chi connectivity index (χ1n) is 11.5. The van der Waals surface area contributed by atoms with Gasteiger partial charge in [0.1, 0.15) is 5.75 Å². The summed E-state index contributed by atoms with van der Waals surface area (Å²) in [6.07, 6.45) is 0.358. The minimum absolute atomic E-state index is 0.0723. The van der Waals surface area contributed by atoms with E-state index in [-0.39, 0.29) is 17.3 Å². The molecule has 0 heterocycles. The zero-order chi connectivity index (χ0) is 23.2. The predicted molar refractivity (Wildman–Crippen MR) is 134 cm³/mol. The van der Waals surface area contributed by atoms with Crippen molar-refractivity contribution in [2.24, 2.45) is 5.92 Å². The number of hydrogen-bond acceptors (Lipinski definition) is 3. The van der Waals surface area contributed by atoms with Crippen LogP contribution in [0.3, 0.4) is 0 Å². The maximum Gasteiger partial charge on any atom is 0.174 e. The maximum atomic E-state index is 14.0. The Morgan fingerprint density at radius 3 is 2.00 bits per heavy atom. The van der Waals surface area contributed by atoms with Crippen molar-refractivity contribution in [2.45, 2.75) is 12.3 Å². The van der Waals surface area contributed by atoms with Crippen LogP contribution < -0.4 is 0 Å². The number of aromatic hydroxyl groups is 1. The molecule has 34 heavy (non-hydrogen) atoms. The molecule has 0 bridgehead atoms. The fourth-order valence-electron chi connectivity index (χ4n) is 5.38. The van der Waals surface area contributed by atoms with Crippen LogP contribution in [0.5, 0.6) is 5.75 Å². The number of ketones is 2. The molecule has 0 aliphatic heterocycles. The smallest absolute Gasteiger partial charge is 0.174 e. The summed E-state index contributed by atoms with van der Waals surface area (Å²) < 4.78 is 0. The van der Waals surface area contributed by atoms with Gasteiger partial charge in [0.25, 0.3) is 0 Å². The van der Waals surface area contributed by atoms with Crippen molar-refractivity contribution >= 4 is 33.1 Å². The highest BCUT2D eigenvalue weighted by atomic mass is 16.3. The molecular formula is C31H22O3. The highest BCUT2D eigenvalue weighted by Gasteiger charge is 2.42. The quantitative estimate of drug-likeness (QED) is 0.258. The van der Waals surface area contributed by atoms with E-state index < -0.39 is 11.8 Å². The maximum absolute atomic E-state index is 14.0. The standard InChI is InChI=1S/C31H22O3/c32-27-18-25-22(21-13-7-8-14-23(21)27)15-16-24-28(20-11-5-2-6-12-20)30(33)26(31(34)29(24)25)17-19-9-3-1-4-10-19/h1-16,18,26,28,32H,17H2. The number of phenolic OH excluding ortho intramolecular Hbond substituents is 1. The molecule has 0 aromatic heterocycles. The van der Waals surface area contributed by atoms with Gasteiger partial charge in [-0.1, -0.05) is 97.1 Å². The van der Waals surface area contributed by atoms with Crippen molar-refractivity contribution in [2.75, 3.05) is 0 Å². The van der Waals surface area contributed by atoms with E-state index in [9.17, 15) is 14.7 Å². The molecule has 0 spiro atoms. The van der Waals surface area contributed by atoms with Crippen molar-refractivity contribution in [3.05, 3.63) is 125 Å². The molecule has 0 amide bonds. The van der Waals surface area contributed by atoms with E-state index in [1.165, 1.54) is 0 Å². The summed E-state index contributed by atoms with van der Waals surface area (Å²) in [7, 11) is 0. The highest BCUT2D eigenvalue weighted by Crippen LogP contribution is 2.43. The molecule has 5 aromatic rings. The number of Topliss-reactive ketones (excluding diaryl/α,β-unsaturated/α-hetero) is 2. The lowest BCUT2D eigenvalue weighted by Crippen LogP contribution is -2.37. The molecule has 2 unspecified atom stereocenters. The fraction of sp³-hybridized carbons (Fsp3) is 0.0968. The lowest BCUT2D eigenvalue weighted by Gasteiger charge is -2.31. The normalized spacial score (nSPS) is 17.8. The van der Waals surface area contributed by atoms with Crippen molar-refractivity contribution in [3.63, 3.8) is 0 Å². The molecule has 3 heteroatoms. The van der Waals surface area contributed by atoms with E-state index in [1.54, 1.807) is 6.07 Å². The zero-order valence-corrected chi connectivity index (χ0v) is 18.4. The van der Waals surface area contributed by atoms with E-state index in [0.29, 0.717) is 22.9 Å². The van der Waals surface area contributed by atoms with Crippen molar-refractivity contribution in [1.29, 1.82) is 0 Å². The van der Waals surface area contributed by atoms with Gasteiger partial charge in [0.05, 0.1) is 11.8 Å². The number of benzene rings is 5. The van der Waals surface area contributed by atoms with Crippen LogP contribution in [0.25, 0.3) is 21.5 Å². The number of hydrogen-bond donors (Lipinski definition) is 1. The molecular weight excluding hydrogens is 420 g/mol. The number of carbonyl (C=O) groups excluding carboxylic acids is 2. The van der Waals surface area contributed by atoms with Crippen LogP contribution in [-0.4, -0.2) is 16.7 Å². The van der Waals surface area contributed by atoms with Gasteiger partial charge in [0.15, 0.2) is 11.6 Å². The summed E-state index contributed by atoms with van der Waals surface area (Å²) in [4.78, 5) is 27.8. The topological polar surface area (TPSA) is 54.4 Å². The van der Waals surface area contributed by atoms with Crippen LogP contribution >= 0.6 is 0 Å². The van der Waals surface area contributed by atoms with Gasteiger partial charge in [-0.3, -0.25) is 9.59 Å². The number of rotatable bonds is 3. The summed E-state index contributed by atoms with van der Waals surface area (Å²) in [6, 6.07) is 32.6. The molecule has 1 N–H and O–H groups in total. The van der Waals surface area contributed by atoms with Crippen molar-refractivity contribution < 1.29 is 14.7 Å². The third-order valence-corrected chi connectivity index (χ3v) is 6.97. The third-order valence-electron chi connectivity index (χ3n) is 6.97. The van der Waals surface area contributed by atoms with E-state index >= 15 is 0 Å². The summed E-state index contributed by atoms with van der Waals surface area (Å²) in [5.41, 5.74) is 3.10. The Kier molecular flexibility index (Phi) is 4.77. The zero-order valence-electron chi connectivity index (χ0n) is 18.4. The summed E-state index contributed by atoms with van der Waals surface area (Å²) in [5.74, 6) is -1.41. The molecule has 3 nitrogen and oxygen atoms in total. The molecule has 0 saturated carbocycles. The van der Waals surface area contributed by atoms with Crippen molar-refractivity contribution in [1.82, 2.24) is 0 Å². The Labute approximate surface area is 197 Å². The summed E-state index contributed by atoms with van der Waals surface area (Å²) in [6.45, 7) is 0. The number of carbonyl (C=O) groups is 2. The van der Waals surface area contributed by atoms with Gasteiger partial charge < -0.3 is 5.11 Å². The van der Waals surface area contributed by atoms with E-state index in [1.807, 2.05) is 97.1 Å². The van der Waals surface area contributed by atoms with Crippen molar-refractivity contribution in [3.8, 4) is 5.75 Å². The summed E-state index contributed by atoms with van der Waals surface area (Å²) >= 11 is 0. The molecule has 0 radical (unpaired) electrons. The van der Waals surface area contributed by atoms with E-state index in [0.717, 1.165) is 27.3 Å². The van der Waals surface area contributed by atoms with Crippen LogP contribution in [0.4, 0.5) is 0 Å². The van der Waals surface area contributed by atoms with Gasteiger partial charge in [0, 0.05) is 10.9 Å². The average molecular weight is 443 g/mol. The SMILES string of the molecule is O=C1c2c(ccc3c2cc(O)c2ccccc23)C(c2ccccc2)C(=O)C1Cc1ccccc1. The molecule has 1 aliphatic carbocycles. The molecule has 1 aliphatic rings. The Morgan fingerprint density at radius 1 is 0.647 bits per heavy atom. The molecule has 164 valence electrons. The minimum Gasteiger partial charge on any atom is -0.507 e. The molecule has 0 fully saturated rings. The highest BCUT2D eigenvalue weighted by molar-refractivity contribution is 6.25. The molecule has 6 rings (SSSR count). The van der Waals surface area contributed by atoms with E-state index in [2.05, 4.69) is 0 Å². The fourth-order valence-corrected chi connectivity index (χ4v) is 5.38. The van der Waals surface area contributed by atoms with Crippen LogP contribution in [0.15, 0.2) is 103 Å². The number of phenols is 1. The minimum atomic E-state index is -0.778. The van der Waals surface area contributed by atoms with Crippen LogP contribution in [0.1, 0.15) is 33.0 Å². The largest absolute Gasteiger partial charge is 0.507 e. The third kappa shape index (κ3) is 3.12. The molecule has 0 saturated heterocycles. The second-order valence-corrected chi connectivity index (χ2v) is 8.92. The Morgan fingerprint density at radius 2 is 1.26 bits per heavy atom. The number of fused-ring (bicyclic) bond motifs is 5. The van der Waals surface area contributed by atoms with Gasteiger partial charge in [-0.05, 0) is 45.3 Å². The lowest BCUT2D eigenvalue weighted by atomic mass is 9.69. The Hall–Kier alpha value is -4.24. The second kappa shape index (κ2) is 7.96. The first-order chi connectivity index (χ1) is 16.6. The average Bonchev–Trinajstić information content (AvgIpc) is 2.88. The Bertz CT molecular complexity index is 1570. The lowest BCUT2D eigenvalue weighted by molar-refractivity contribution is -0.122. The van der Waals surface area contributed by atoms with Gasteiger partial charge in [-0.25, -0.2) is 0 Å². The van der Waals surface area contributed by atoms with Gasteiger partial charge in [-0.2, -0.15) is 0 Å². The predicted octanol–water partition coefficient (Wildman–Crippen LogP) is 6.45. The van der Waals surface area contributed by atoms with Crippen LogP contribution in [-0.2, 0) is 11.2 Å². The van der Waals surface area contributed by atoms with Crippen LogP contribution in [0.2, 0.25) is 0 Å². The molecule has 5 aromatic carbocycles. The van der Waals surface area contributed by atoms with E-state index in [4.69, 9.17) is 0 Å². The Balaban J connectivity index is 1.64. The monoisotopic (exact) mass is 442 g/mol. The second-order valence-electron chi connectivity index (χ2n) is 8.92. The first kappa shape index (κ1) is 20.4. The van der Waals surface area contributed by atoms with Gasteiger partial charge in [0.2, 0.25) is 0 Å². The summed E-state index contributed by atoms with van der Waals surface area (Å²) in [5, 5.41) is 14.1.